The van der Waals surface area contributed by atoms with E-state index in [1.807, 2.05) is 40.8 Å². The van der Waals surface area contributed by atoms with Crippen LogP contribution in [0.15, 0.2) is 24.3 Å². The van der Waals surface area contributed by atoms with Crippen molar-refractivity contribution in [1.82, 2.24) is 19.4 Å². The molecule has 1 N–H and O–H groups in total. The van der Waals surface area contributed by atoms with E-state index in [0.29, 0.717) is 45.3 Å². The van der Waals surface area contributed by atoms with Gasteiger partial charge in [0.05, 0.1) is 11.0 Å². The summed E-state index contributed by atoms with van der Waals surface area (Å²) in [5.41, 5.74) is 1.83. The number of rotatable bonds is 2. The predicted molar refractivity (Wildman–Crippen MR) is 106 cm³/mol. The molecule has 28 heavy (non-hydrogen) atoms. The van der Waals surface area contributed by atoms with Gasteiger partial charge in [0.2, 0.25) is 11.9 Å². The van der Waals surface area contributed by atoms with Crippen LogP contribution in [0.4, 0.5) is 10.7 Å². The number of urea groups is 1. The zero-order valence-electron chi connectivity index (χ0n) is 16.3. The van der Waals surface area contributed by atoms with Crippen molar-refractivity contribution in [2.75, 3.05) is 44.7 Å². The van der Waals surface area contributed by atoms with Gasteiger partial charge in [-0.25, -0.2) is 9.78 Å². The van der Waals surface area contributed by atoms with Crippen molar-refractivity contribution in [3.63, 3.8) is 0 Å². The first-order valence-corrected chi connectivity index (χ1v) is 9.97. The van der Waals surface area contributed by atoms with Crippen molar-refractivity contribution in [2.24, 2.45) is 13.0 Å². The van der Waals surface area contributed by atoms with Crippen molar-refractivity contribution in [2.45, 2.75) is 19.3 Å². The van der Waals surface area contributed by atoms with Gasteiger partial charge in [0, 0.05) is 52.4 Å². The normalized spacial score (nSPS) is 18.9. The van der Waals surface area contributed by atoms with Crippen molar-refractivity contribution in [3.8, 4) is 0 Å². The Kier molecular flexibility index (Phi) is 5.47. The molecule has 2 aliphatic rings. The number of amides is 3. The Morgan fingerprint density at radius 3 is 2.57 bits per heavy atom. The van der Waals surface area contributed by atoms with Crippen LogP contribution < -0.4 is 5.32 Å². The van der Waals surface area contributed by atoms with Crippen molar-refractivity contribution < 1.29 is 14.3 Å². The number of aromatic nitrogens is 2. The maximum atomic E-state index is 12.8. The van der Waals surface area contributed by atoms with E-state index in [9.17, 15) is 9.59 Å². The molecule has 8 nitrogen and oxygen atoms in total. The highest BCUT2D eigenvalue weighted by molar-refractivity contribution is 5.90. The fourth-order valence-electron chi connectivity index (χ4n) is 3.98. The maximum Gasteiger partial charge on any atom is 0.324 e. The van der Waals surface area contributed by atoms with Crippen LogP contribution in [0.25, 0.3) is 11.0 Å². The van der Waals surface area contributed by atoms with Crippen molar-refractivity contribution >= 4 is 28.9 Å². The average Bonchev–Trinajstić information content (AvgIpc) is 2.90. The highest BCUT2D eigenvalue weighted by Gasteiger charge is 2.28. The standard InChI is InChI=1S/C20H27N5O3/c1-23-17-6-3-2-5-16(17)21-19(23)22-20(27)25-10-4-9-24(11-12-25)18(26)15-7-13-28-14-8-15/h2-3,5-6,15H,4,7-14H2,1H3,(H,21,22,27). The smallest absolute Gasteiger partial charge is 0.324 e. The van der Waals surface area contributed by atoms with Crippen LogP contribution in [-0.2, 0) is 16.6 Å². The summed E-state index contributed by atoms with van der Waals surface area (Å²) in [6.45, 7) is 3.77. The number of nitrogens with zero attached hydrogens (tertiary/aromatic N) is 4. The SMILES string of the molecule is Cn1c(NC(=O)N2CCCN(C(=O)C3CCOCC3)CC2)nc2ccccc21. The Morgan fingerprint density at radius 2 is 1.79 bits per heavy atom. The largest absolute Gasteiger partial charge is 0.381 e. The van der Waals surface area contributed by atoms with E-state index < -0.39 is 0 Å². The van der Waals surface area contributed by atoms with Gasteiger partial charge in [-0.2, -0.15) is 0 Å². The first kappa shape index (κ1) is 18.7. The number of hydrogen-bond acceptors (Lipinski definition) is 4. The summed E-state index contributed by atoms with van der Waals surface area (Å²) in [7, 11) is 1.89. The summed E-state index contributed by atoms with van der Waals surface area (Å²) >= 11 is 0. The van der Waals surface area contributed by atoms with E-state index in [1.54, 1.807) is 4.90 Å². The number of carbonyl (C=O) groups excluding carboxylic acids is 2. The lowest BCUT2D eigenvalue weighted by molar-refractivity contribution is -0.138. The minimum atomic E-state index is -0.168. The first-order chi connectivity index (χ1) is 13.6. The van der Waals surface area contributed by atoms with Crippen LogP contribution >= 0.6 is 0 Å². The zero-order valence-corrected chi connectivity index (χ0v) is 16.3. The topological polar surface area (TPSA) is 79.7 Å². The van der Waals surface area contributed by atoms with Gasteiger partial charge < -0.3 is 19.1 Å². The fraction of sp³-hybridized carbons (Fsp3) is 0.550. The molecule has 1 aromatic heterocycles. The minimum absolute atomic E-state index is 0.0640. The summed E-state index contributed by atoms with van der Waals surface area (Å²) in [6.07, 6.45) is 2.38. The summed E-state index contributed by atoms with van der Waals surface area (Å²) in [5.74, 6) is 0.806. The molecule has 0 bridgehead atoms. The molecule has 0 atom stereocenters. The molecule has 2 saturated heterocycles. The number of benzene rings is 1. The van der Waals surface area contributed by atoms with E-state index in [1.165, 1.54) is 0 Å². The number of carbonyl (C=O) groups is 2. The average molecular weight is 385 g/mol. The molecule has 3 heterocycles. The van der Waals surface area contributed by atoms with E-state index in [-0.39, 0.29) is 17.9 Å². The van der Waals surface area contributed by atoms with Gasteiger partial charge in [-0.3, -0.25) is 10.1 Å². The first-order valence-electron chi connectivity index (χ1n) is 9.97. The fourth-order valence-corrected chi connectivity index (χ4v) is 3.98. The van der Waals surface area contributed by atoms with Gasteiger partial charge in [0.15, 0.2) is 0 Å². The number of aryl methyl sites for hydroxylation is 1. The number of imidazole rings is 1. The molecule has 0 spiro atoms. The summed E-state index contributed by atoms with van der Waals surface area (Å²) in [6, 6.07) is 7.62. The van der Waals surface area contributed by atoms with Gasteiger partial charge >= 0.3 is 6.03 Å². The molecule has 1 aromatic carbocycles. The number of hydrogen-bond donors (Lipinski definition) is 1. The Hall–Kier alpha value is -2.61. The Morgan fingerprint density at radius 1 is 1.07 bits per heavy atom. The highest BCUT2D eigenvalue weighted by Crippen LogP contribution is 2.20. The van der Waals surface area contributed by atoms with Gasteiger partial charge in [0.1, 0.15) is 0 Å². The van der Waals surface area contributed by atoms with Crippen LogP contribution in [0.5, 0.6) is 0 Å². The number of fused-ring (bicyclic) bond motifs is 1. The molecule has 150 valence electrons. The monoisotopic (exact) mass is 385 g/mol. The van der Waals surface area contributed by atoms with E-state index >= 15 is 0 Å². The lowest BCUT2D eigenvalue weighted by atomic mass is 9.98. The van der Waals surface area contributed by atoms with E-state index in [0.717, 1.165) is 30.3 Å². The van der Waals surface area contributed by atoms with E-state index in [2.05, 4.69) is 10.3 Å². The third-order valence-electron chi connectivity index (χ3n) is 5.67. The van der Waals surface area contributed by atoms with E-state index in [4.69, 9.17) is 4.74 Å². The number of para-hydroxylation sites is 2. The molecule has 3 amide bonds. The van der Waals surface area contributed by atoms with Crippen LogP contribution in [0.2, 0.25) is 0 Å². The van der Waals surface area contributed by atoms with Gasteiger partial charge in [0.25, 0.3) is 0 Å². The number of anilines is 1. The Bertz CT molecular complexity index is 859. The summed E-state index contributed by atoms with van der Waals surface area (Å²) in [5, 5.41) is 2.92. The van der Waals surface area contributed by atoms with Crippen molar-refractivity contribution in [3.05, 3.63) is 24.3 Å². The third-order valence-corrected chi connectivity index (χ3v) is 5.67. The molecular formula is C20H27N5O3. The quantitative estimate of drug-likeness (QED) is 0.858. The lowest BCUT2D eigenvalue weighted by Crippen LogP contribution is -2.42. The molecule has 2 fully saturated rings. The number of ether oxygens (including phenoxy) is 1. The minimum Gasteiger partial charge on any atom is -0.381 e. The summed E-state index contributed by atoms with van der Waals surface area (Å²) in [4.78, 5) is 33.7. The molecule has 8 heteroatoms. The summed E-state index contributed by atoms with van der Waals surface area (Å²) < 4.78 is 7.24. The second-order valence-corrected chi connectivity index (χ2v) is 7.47. The molecule has 2 aromatic rings. The van der Waals surface area contributed by atoms with Crippen LogP contribution in [0, 0.1) is 5.92 Å². The molecule has 2 aliphatic heterocycles. The predicted octanol–water partition coefficient (Wildman–Crippen LogP) is 2.07. The zero-order chi connectivity index (χ0) is 19.5. The Balaban J connectivity index is 1.37. The molecule has 0 unspecified atom stereocenters. The lowest BCUT2D eigenvalue weighted by Gasteiger charge is -2.28. The van der Waals surface area contributed by atoms with Gasteiger partial charge in [-0.15, -0.1) is 0 Å². The number of nitrogens with one attached hydrogen (secondary N) is 1. The second kappa shape index (κ2) is 8.18. The molecule has 4 rings (SSSR count). The maximum absolute atomic E-state index is 12.8. The van der Waals surface area contributed by atoms with Gasteiger partial charge in [-0.1, -0.05) is 12.1 Å². The van der Waals surface area contributed by atoms with Crippen LogP contribution in [0.1, 0.15) is 19.3 Å². The third kappa shape index (κ3) is 3.82. The highest BCUT2D eigenvalue weighted by atomic mass is 16.5. The van der Waals surface area contributed by atoms with Gasteiger partial charge in [-0.05, 0) is 31.4 Å². The molecule has 0 aliphatic carbocycles. The Labute approximate surface area is 164 Å². The molecule has 0 saturated carbocycles. The van der Waals surface area contributed by atoms with Crippen molar-refractivity contribution in [1.29, 1.82) is 0 Å². The molecule has 0 radical (unpaired) electrons. The second-order valence-electron chi connectivity index (χ2n) is 7.47. The van der Waals surface area contributed by atoms with Crippen LogP contribution in [0.3, 0.4) is 0 Å². The van der Waals surface area contributed by atoms with Crippen LogP contribution in [-0.4, -0.2) is 70.7 Å². The molecular weight excluding hydrogens is 358 g/mol.